The summed E-state index contributed by atoms with van der Waals surface area (Å²) in [7, 11) is 0. The Labute approximate surface area is 86.8 Å². The maximum atomic E-state index is 9.80. The molecule has 3 unspecified atom stereocenters. The molecule has 0 saturated heterocycles. The minimum Gasteiger partial charge on any atom is -0.396 e. The summed E-state index contributed by atoms with van der Waals surface area (Å²) in [5.41, 5.74) is 0. The Hall–Kier alpha value is -0.120. The molecule has 0 bridgehead atoms. The average Bonchev–Trinajstić information content (AvgIpc) is 2.14. The molecule has 3 nitrogen and oxygen atoms in total. The summed E-state index contributed by atoms with van der Waals surface area (Å²) in [6.45, 7) is 3.92. The molecule has 0 aromatic carbocycles. The van der Waals surface area contributed by atoms with Crippen LogP contribution in [-0.2, 0) is 0 Å². The molecule has 0 aliphatic heterocycles. The van der Waals surface area contributed by atoms with Crippen molar-refractivity contribution in [1.82, 2.24) is 0 Å². The molecule has 3 N–H and O–H groups in total. The first-order chi connectivity index (χ1) is 6.63. The summed E-state index contributed by atoms with van der Waals surface area (Å²) in [6, 6.07) is 0. The van der Waals surface area contributed by atoms with Crippen LogP contribution in [0.2, 0.25) is 0 Å². The number of aliphatic hydroxyl groups is 3. The predicted molar refractivity (Wildman–Crippen MR) is 57.0 cm³/mol. The number of rotatable bonds is 8. The fourth-order valence-electron chi connectivity index (χ4n) is 1.71. The Morgan fingerprint density at radius 1 is 1.07 bits per heavy atom. The first-order valence-corrected chi connectivity index (χ1v) is 5.60. The molecule has 0 aliphatic carbocycles. The van der Waals surface area contributed by atoms with E-state index >= 15 is 0 Å². The Kier molecular flexibility index (Phi) is 8.14. The molecule has 14 heavy (non-hydrogen) atoms. The highest BCUT2D eigenvalue weighted by Crippen LogP contribution is 2.20. The van der Waals surface area contributed by atoms with E-state index in [1.807, 2.05) is 0 Å². The van der Waals surface area contributed by atoms with E-state index in [1.54, 1.807) is 6.92 Å². The molecule has 3 atom stereocenters. The van der Waals surface area contributed by atoms with E-state index in [9.17, 15) is 10.2 Å². The van der Waals surface area contributed by atoms with Crippen LogP contribution in [-0.4, -0.2) is 34.1 Å². The van der Waals surface area contributed by atoms with Crippen molar-refractivity contribution in [3.8, 4) is 0 Å². The van der Waals surface area contributed by atoms with E-state index in [0.717, 1.165) is 19.3 Å². The van der Waals surface area contributed by atoms with Gasteiger partial charge in [-0.25, -0.2) is 0 Å². The smallest absolute Gasteiger partial charge is 0.0593 e. The molecule has 0 aromatic rings. The SMILES string of the molecule is CCCCC(O)C(CCCO)C(C)O. The fourth-order valence-corrected chi connectivity index (χ4v) is 1.71. The van der Waals surface area contributed by atoms with Gasteiger partial charge >= 0.3 is 0 Å². The van der Waals surface area contributed by atoms with Gasteiger partial charge in [0.15, 0.2) is 0 Å². The van der Waals surface area contributed by atoms with Crippen LogP contribution in [0.4, 0.5) is 0 Å². The molecule has 0 fully saturated rings. The maximum absolute atomic E-state index is 9.80. The van der Waals surface area contributed by atoms with Crippen molar-refractivity contribution in [3.05, 3.63) is 0 Å². The van der Waals surface area contributed by atoms with Gasteiger partial charge < -0.3 is 15.3 Å². The third kappa shape index (κ3) is 5.58. The highest BCUT2D eigenvalue weighted by Gasteiger charge is 2.22. The first-order valence-electron chi connectivity index (χ1n) is 5.60. The molecule has 0 saturated carbocycles. The van der Waals surface area contributed by atoms with Crippen LogP contribution in [0.5, 0.6) is 0 Å². The van der Waals surface area contributed by atoms with Gasteiger partial charge in [-0.05, 0) is 26.2 Å². The zero-order chi connectivity index (χ0) is 11.0. The van der Waals surface area contributed by atoms with Crippen LogP contribution in [0.3, 0.4) is 0 Å². The normalized spacial score (nSPS) is 17.8. The van der Waals surface area contributed by atoms with Gasteiger partial charge in [-0.2, -0.15) is 0 Å². The van der Waals surface area contributed by atoms with Crippen molar-refractivity contribution in [1.29, 1.82) is 0 Å². The Balaban J connectivity index is 3.91. The zero-order valence-corrected chi connectivity index (χ0v) is 9.32. The lowest BCUT2D eigenvalue weighted by Crippen LogP contribution is -2.30. The second kappa shape index (κ2) is 8.21. The summed E-state index contributed by atoms with van der Waals surface area (Å²) >= 11 is 0. The van der Waals surface area contributed by atoms with Gasteiger partial charge in [0.2, 0.25) is 0 Å². The molecule has 0 radical (unpaired) electrons. The lowest BCUT2D eigenvalue weighted by Gasteiger charge is -2.25. The van der Waals surface area contributed by atoms with Gasteiger partial charge in [0.25, 0.3) is 0 Å². The molecule has 86 valence electrons. The third-order valence-corrected chi connectivity index (χ3v) is 2.66. The lowest BCUT2D eigenvalue weighted by molar-refractivity contribution is 0.00898. The second-order valence-electron chi connectivity index (χ2n) is 3.98. The highest BCUT2D eigenvalue weighted by molar-refractivity contribution is 4.73. The van der Waals surface area contributed by atoms with Crippen LogP contribution >= 0.6 is 0 Å². The van der Waals surface area contributed by atoms with E-state index < -0.39 is 12.2 Å². The molecular formula is C11H24O3. The van der Waals surface area contributed by atoms with Gasteiger partial charge in [0.1, 0.15) is 0 Å². The largest absolute Gasteiger partial charge is 0.396 e. The molecular weight excluding hydrogens is 180 g/mol. The summed E-state index contributed by atoms with van der Waals surface area (Å²) in [5.74, 6) is -0.0892. The fraction of sp³-hybridized carbons (Fsp3) is 1.00. The first kappa shape index (κ1) is 13.9. The molecule has 0 heterocycles. The Morgan fingerprint density at radius 2 is 1.71 bits per heavy atom. The Morgan fingerprint density at radius 3 is 2.14 bits per heavy atom. The van der Waals surface area contributed by atoms with Gasteiger partial charge in [-0.1, -0.05) is 19.8 Å². The second-order valence-corrected chi connectivity index (χ2v) is 3.98. The minimum atomic E-state index is -0.492. The average molecular weight is 204 g/mol. The van der Waals surface area contributed by atoms with E-state index in [1.165, 1.54) is 0 Å². The van der Waals surface area contributed by atoms with E-state index in [2.05, 4.69) is 6.92 Å². The quantitative estimate of drug-likeness (QED) is 0.558. The summed E-state index contributed by atoms with van der Waals surface area (Å²) in [4.78, 5) is 0. The number of unbranched alkanes of at least 4 members (excludes halogenated alkanes) is 1. The molecule has 0 rings (SSSR count). The zero-order valence-electron chi connectivity index (χ0n) is 9.32. The van der Waals surface area contributed by atoms with Crippen molar-refractivity contribution in [2.75, 3.05) is 6.61 Å². The molecule has 0 amide bonds. The van der Waals surface area contributed by atoms with Gasteiger partial charge in [0.05, 0.1) is 12.2 Å². The summed E-state index contributed by atoms with van der Waals surface area (Å²) in [5, 5.41) is 28.0. The van der Waals surface area contributed by atoms with Crippen molar-refractivity contribution >= 4 is 0 Å². The van der Waals surface area contributed by atoms with E-state index in [4.69, 9.17) is 5.11 Å². The third-order valence-electron chi connectivity index (χ3n) is 2.66. The van der Waals surface area contributed by atoms with Crippen molar-refractivity contribution in [2.45, 2.75) is 58.2 Å². The van der Waals surface area contributed by atoms with Crippen LogP contribution in [0.25, 0.3) is 0 Å². The topological polar surface area (TPSA) is 60.7 Å². The standard InChI is InChI=1S/C11H24O3/c1-3-4-7-11(14)10(9(2)13)6-5-8-12/h9-14H,3-8H2,1-2H3. The van der Waals surface area contributed by atoms with E-state index in [0.29, 0.717) is 12.8 Å². The van der Waals surface area contributed by atoms with E-state index in [-0.39, 0.29) is 12.5 Å². The Bertz CT molecular complexity index is 126. The van der Waals surface area contributed by atoms with Crippen LogP contribution in [0.1, 0.15) is 46.0 Å². The summed E-state index contributed by atoms with van der Waals surface area (Å²) in [6.07, 6.45) is 3.22. The molecule has 3 heteroatoms. The number of hydrogen-bond acceptors (Lipinski definition) is 3. The monoisotopic (exact) mass is 204 g/mol. The lowest BCUT2D eigenvalue weighted by atomic mass is 9.89. The molecule has 0 aliphatic rings. The van der Waals surface area contributed by atoms with Gasteiger partial charge in [-0.3, -0.25) is 0 Å². The maximum Gasteiger partial charge on any atom is 0.0593 e. The van der Waals surface area contributed by atoms with Gasteiger partial charge in [-0.15, -0.1) is 0 Å². The van der Waals surface area contributed by atoms with Crippen LogP contribution < -0.4 is 0 Å². The van der Waals surface area contributed by atoms with Gasteiger partial charge in [0, 0.05) is 12.5 Å². The van der Waals surface area contributed by atoms with Crippen molar-refractivity contribution < 1.29 is 15.3 Å². The van der Waals surface area contributed by atoms with Crippen LogP contribution in [0, 0.1) is 5.92 Å². The number of hydrogen-bond donors (Lipinski definition) is 3. The predicted octanol–water partition coefficient (Wildman–Crippen LogP) is 1.31. The number of aliphatic hydroxyl groups excluding tert-OH is 3. The van der Waals surface area contributed by atoms with Crippen molar-refractivity contribution in [2.24, 2.45) is 5.92 Å². The van der Waals surface area contributed by atoms with Crippen molar-refractivity contribution in [3.63, 3.8) is 0 Å². The molecule has 0 spiro atoms. The van der Waals surface area contributed by atoms with Crippen LogP contribution in [0.15, 0.2) is 0 Å². The molecule has 0 aromatic heterocycles. The highest BCUT2D eigenvalue weighted by atomic mass is 16.3. The minimum absolute atomic E-state index is 0.0892. The summed E-state index contributed by atoms with van der Waals surface area (Å²) < 4.78 is 0.